The lowest BCUT2D eigenvalue weighted by Crippen LogP contribution is -1.93. The molecule has 0 fully saturated rings. The molecule has 0 aliphatic rings. The van der Waals surface area contributed by atoms with Crippen molar-refractivity contribution in [1.29, 1.82) is 0 Å². The third kappa shape index (κ3) is 2.20. The maximum absolute atomic E-state index is 9.69. The molecule has 44 valence electrons. The zero-order valence-electron chi connectivity index (χ0n) is 4.21. The highest BCUT2D eigenvalue weighted by Crippen LogP contribution is 1.90. The summed E-state index contributed by atoms with van der Waals surface area (Å²) in [7, 11) is 0. The maximum Gasteiger partial charge on any atom is 0.385 e. The van der Waals surface area contributed by atoms with Crippen molar-refractivity contribution in [2.45, 2.75) is 6.92 Å². The highest BCUT2D eigenvalue weighted by Gasteiger charge is 2.01. The number of hydrogen-bond acceptors (Lipinski definition) is 2. The summed E-state index contributed by atoms with van der Waals surface area (Å²) in [6.07, 6.45) is 0.565. The molecule has 0 aliphatic carbocycles. The first-order valence-electron chi connectivity index (χ1n) is 1.85. The number of hydrogen-bond donors (Lipinski definition) is 0. The van der Waals surface area contributed by atoms with Crippen molar-refractivity contribution in [3.8, 4) is 0 Å². The van der Waals surface area contributed by atoms with Gasteiger partial charge in [-0.1, -0.05) is 0 Å². The largest absolute Gasteiger partial charge is 0.385 e. The fourth-order valence-electron chi connectivity index (χ4n) is 0.120. The lowest BCUT2D eigenvalue weighted by Gasteiger charge is -1.82. The van der Waals surface area contributed by atoms with Gasteiger partial charge in [0.2, 0.25) is 0 Å². The van der Waals surface area contributed by atoms with E-state index in [0.29, 0.717) is 6.26 Å². The Morgan fingerprint density at radius 3 is 2.25 bits per heavy atom. The molecule has 8 heavy (non-hydrogen) atoms. The molecule has 0 atom stereocenters. The Kier molecular flexibility index (Phi) is 2.64. The molecular weight excluding hydrogens is 112 g/mol. The average molecular weight is 116 g/mol. The van der Waals surface area contributed by atoms with Crippen LogP contribution in [0.25, 0.3) is 0 Å². The first kappa shape index (κ1) is 6.97. The summed E-state index contributed by atoms with van der Waals surface area (Å²) in [5.41, 5.74) is -0.222. The number of rotatable bonds is 2. The Bertz CT molecular complexity index is 115. The Morgan fingerprint density at radius 2 is 2.12 bits per heavy atom. The molecule has 0 N–H and O–H groups in total. The Morgan fingerprint density at radius 1 is 1.62 bits per heavy atom. The van der Waals surface area contributed by atoms with Crippen LogP contribution < -0.4 is 0 Å². The minimum Gasteiger partial charge on any atom is -0.313 e. The zero-order chi connectivity index (χ0) is 6.57. The molecule has 0 aromatic carbocycles. The molecule has 0 aromatic rings. The Hall–Kier alpha value is -1.03. The highest BCUT2D eigenvalue weighted by atomic mass is 17.1. The van der Waals surface area contributed by atoms with Crippen molar-refractivity contribution in [3.05, 3.63) is 11.8 Å². The molecule has 0 heterocycles. The lowest BCUT2D eigenvalue weighted by molar-refractivity contribution is -0.255. The third-order valence-corrected chi connectivity index (χ3v) is 0.547. The quantitative estimate of drug-likeness (QED) is 0.224. The predicted octanol–water partition coefficient (Wildman–Crippen LogP) is 0.209. The van der Waals surface area contributed by atoms with Gasteiger partial charge >= 0.3 is 5.97 Å². The van der Waals surface area contributed by atoms with Gasteiger partial charge in [0, 0.05) is 5.26 Å². The van der Waals surface area contributed by atoms with Gasteiger partial charge in [0.25, 0.3) is 0 Å². The van der Waals surface area contributed by atoms with E-state index in [1.807, 2.05) is 0 Å². The molecule has 0 saturated carbocycles. The van der Waals surface area contributed by atoms with E-state index in [9.17, 15) is 15.2 Å². The fraction of sp³-hybridized carbons (Fsp3) is 0.250. The van der Waals surface area contributed by atoms with Crippen LogP contribution in [0, 0.1) is 0 Å². The third-order valence-electron chi connectivity index (χ3n) is 0.547. The van der Waals surface area contributed by atoms with Crippen molar-refractivity contribution in [1.82, 2.24) is 0 Å². The first-order valence-corrected chi connectivity index (χ1v) is 1.85. The van der Waals surface area contributed by atoms with E-state index < -0.39 is 5.97 Å². The van der Waals surface area contributed by atoms with Crippen molar-refractivity contribution in [2.75, 3.05) is 0 Å². The van der Waals surface area contributed by atoms with E-state index in [1.54, 1.807) is 0 Å². The summed E-state index contributed by atoms with van der Waals surface area (Å²) in [5, 5.41) is 18.9. The van der Waals surface area contributed by atoms with Gasteiger partial charge in [0.15, 0.2) is 0 Å². The van der Waals surface area contributed by atoms with Crippen LogP contribution in [0.2, 0.25) is 0 Å². The molecular formula is C4H4O4. The van der Waals surface area contributed by atoms with Gasteiger partial charge in [0.1, 0.15) is 6.26 Å². The summed E-state index contributed by atoms with van der Waals surface area (Å²) in [6, 6.07) is 0. The summed E-state index contributed by atoms with van der Waals surface area (Å²) >= 11 is 0. The molecule has 0 spiro atoms. The normalized spacial score (nSPS) is 11.0. The fourth-order valence-corrected chi connectivity index (χ4v) is 0.120. The van der Waals surface area contributed by atoms with E-state index in [4.69, 9.17) is 0 Å². The Balaban J connectivity index is 3.80. The van der Waals surface area contributed by atoms with Crippen molar-refractivity contribution >= 4 is 5.97 Å². The van der Waals surface area contributed by atoms with Gasteiger partial charge in [-0.25, -0.2) is 9.90 Å². The first-order chi connectivity index (χ1) is 3.68. The van der Waals surface area contributed by atoms with E-state index in [1.165, 1.54) is 6.92 Å². The summed E-state index contributed by atoms with van der Waals surface area (Å²) in [6.45, 7) is 1.20. The standard InChI is InChI=1S/C4H4O4/c1-3(2-8-7)4(5)6/h2H,1H3. The summed E-state index contributed by atoms with van der Waals surface area (Å²) in [4.78, 5) is 12.8. The minimum absolute atomic E-state index is 0.222. The topological polar surface area (TPSA) is 66.1 Å². The van der Waals surface area contributed by atoms with E-state index >= 15 is 0 Å². The van der Waals surface area contributed by atoms with Gasteiger partial charge < -0.3 is 4.89 Å². The second kappa shape index (κ2) is 3.04. The van der Waals surface area contributed by atoms with Crippen LogP contribution in [0.1, 0.15) is 6.92 Å². The molecule has 4 nitrogen and oxygen atoms in total. The van der Waals surface area contributed by atoms with Crippen LogP contribution in [-0.2, 0) is 20.0 Å². The van der Waals surface area contributed by atoms with Gasteiger partial charge in [-0.2, -0.15) is 0 Å². The van der Waals surface area contributed by atoms with E-state index in [-0.39, 0.29) is 5.57 Å². The van der Waals surface area contributed by atoms with Gasteiger partial charge in [-0.15, -0.1) is 0 Å². The molecule has 0 rings (SSSR count). The van der Waals surface area contributed by atoms with Gasteiger partial charge in [-0.05, 0) is 6.92 Å². The summed E-state index contributed by atoms with van der Waals surface area (Å²) in [5.74, 6) is -1.40. The highest BCUT2D eigenvalue weighted by molar-refractivity contribution is 5.84. The second-order valence-corrected chi connectivity index (χ2v) is 1.18. The molecule has 2 radical (unpaired) electrons. The minimum atomic E-state index is -1.40. The van der Waals surface area contributed by atoms with Crippen molar-refractivity contribution in [3.63, 3.8) is 0 Å². The average Bonchev–Trinajstić information content (AvgIpc) is 1.67. The molecule has 4 heteroatoms. The van der Waals surface area contributed by atoms with Crippen LogP contribution in [0.15, 0.2) is 11.8 Å². The molecule has 0 aliphatic heterocycles. The van der Waals surface area contributed by atoms with Gasteiger partial charge in [0.05, 0.1) is 5.57 Å². The smallest absolute Gasteiger partial charge is 0.313 e. The van der Waals surface area contributed by atoms with Crippen LogP contribution in [0.5, 0.6) is 0 Å². The number of carbonyl (C=O) groups is 1. The van der Waals surface area contributed by atoms with Crippen molar-refractivity contribution in [2.24, 2.45) is 0 Å². The molecule has 0 bridgehead atoms. The molecule has 0 unspecified atom stereocenters. The Labute approximate surface area is 45.9 Å². The zero-order valence-corrected chi connectivity index (χ0v) is 4.21. The van der Waals surface area contributed by atoms with E-state index in [2.05, 4.69) is 4.89 Å². The maximum atomic E-state index is 9.69. The molecule has 0 aromatic heterocycles. The van der Waals surface area contributed by atoms with Crippen LogP contribution in [0.3, 0.4) is 0 Å². The van der Waals surface area contributed by atoms with Gasteiger partial charge in [-0.3, -0.25) is 0 Å². The summed E-state index contributed by atoms with van der Waals surface area (Å²) < 4.78 is 0. The monoisotopic (exact) mass is 116 g/mol. The lowest BCUT2D eigenvalue weighted by atomic mass is 10.4. The number of carbonyl (C=O) groups excluding carboxylic acids is 1. The van der Waals surface area contributed by atoms with Crippen LogP contribution in [0.4, 0.5) is 0 Å². The molecule has 0 saturated heterocycles. The predicted molar refractivity (Wildman–Crippen MR) is 21.2 cm³/mol. The molecule has 0 amide bonds. The second-order valence-electron chi connectivity index (χ2n) is 1.18. The SMILES string of the molecule is CC(=CO[O])C([O])=O. The van der Waals surface area contributed by atoms with Crippen LogP contribution in [-0.4, -0.2) is 5.97 Å². The van der Waals surface area contributed by atoms with Crippen LogP contribution >= 0.6 is 0 Å². The van der Waals surface area contributed by atoms with E-state index in [0.717, 1.165) is 0 Å². The van der Waals surface area contributed by atoms with Crippen molar-refractivity contribution < 1.29 is 20.0 Å².